The third-order valence-corrected chi connectivity index (χ3v) is 4.90. The molecule has 0 unspecified atom stereocenters. The Morgan fingerprint density at radius 3 is 2.92 bits per heavy atom. The van der Waals surface area contributed by atoms with Gasteiger partial charge in [0.2, 0.25) is 0 Å². The standard InChI is InChI=1S/C19H30N4O2/c1-16-6-4-7-17(21-16)8-9-20-19(24)23-12-5-13-25-18(15-23)14-22-10-2-3-11-22/h4,6-7,18H,2-3,5,8-15H2,1H3,(H,20,24)/t18-/m1/s1. The van der Waals surface area contributed by atoms with E-state index in [1.165, 1.54) is 12.8 Å². The smallest absolute Gasteiger partial charge is 0.317 e. The largest absolute Gasteiger partial charge is 0.375 e. The molecule has 6 nitrogen and oxygen atoms in total. The number of hydrogen-bond acceptors (Lipinski definition) is 4. The van der Waals surface area contributed by atoms with E-state index in [2.05, 4.69) is 15.2 Å². The van der Waals surface area contributed by atoms with Gasteiger partial charge in [0.1, 0.15) is 0 Å². The summed E-state index contributed by atoms with van der Waals surface area (Å²) < 4.78 is 5.96. The molecule has 0 aliphatic carbocycles. The molecule has 1 N–H and O–H groups in total. The minimum absolute atomic E-state index is 0.0181. The van der Waals surface area contributed by atoms with Crippen LogP contribution in [0.2, 0.25) is 0 Å². The van der Waals surface area contributed by atoms with Crippen molar-refractivity contribution < 1.29 is 9.53 Å². The first kappa shape index (κ1) is 18.1. The normalized spacial score (nSPS) is 22.0. The number of aryl methyl sites for hydroxylation is 1. The Kier molecular flexibility index (Phi) is 6.64. The van der Waals surface area contributed by atoms with Crippen molar-refractivity contribution >= 4 is 6.03 Å². The van der Waals surface area contributed by atoms with Gasteiger partial charge in [-0.25, -0.2) is 4.79 Å². The highest BCUT2D eigenvalue weighted by Crippen LogP contribution is 2.12. The second-order valence-electron chi connectivity index (χ2n) is 7.05. The summed E-state index contributed by atoms with van der Waals surface area (Å²) in [5, 5.41) is 3.04. The Labute approximate surface area is 150 Å². The van der Waals surface area contributed by atoms with E-state index in [1.807, 2.05) is 30.0 Å². The Morgan fingerprint density at radius 2 is 2.12 bits per heavy atom. The summed E-state index contributed by atoms with van der Waals surface area (Å²) in [6.07, 6.45) is 4.36. The number of aromatic nitrogens is 1. The molecule has 2 aliphatic heterocycles. The van der Waals surface area contributed by atoms with Crippen molar-refractivity contribution in [1.82, 2.24) is 20.1 Å². The van der Waals surface area contributed by atoms with Crippen LogP contribution in [-0.4, -0.2) is 72.8 Å². The second-order valence-corrected chi connectivity index (χ2v) is 7.05. The monoisotopic (exact) mass is 346 g/mol. The number of nitrogens with zero attached hydrogens (tertiary/aromatic N) is 3. The van der Waals surface area contributed by atoms with Gasteiger partial charge < -0.3 is 19.9 Å². The zero-order valence-electron chi connectivity index (χ0n) is 15.2. The van der Waals surface area contributed by atoms with Gasteiger partial charge in [0.25, 0.3) is 0 Å². The summed E-state index contributed by atoms with van der Waals surface area (Å²) in [7, 11) is 0. The zero-order chi connectivity index (χ0) is 17.5. The predicted octanol–water partition coefficient (Wildman–Crippen LogP) is 1.83. The van der Waals surface area contributed by atoms with Crippen LogP contribution in [-0.2, 0) is 11.2 Å². The van der Waals surface area contributed by atoms with E-state index in [0.29, 0.717) is 13.1 Å². The van der Waals surface area contributed by atoms with Crippen LogP contribution < -0.4 is 5.32 Å². The van der Waals surface area contributed by atoms with Crippen molar-refractivity contribution in [2.45, 2.75) is 38.7 Å². The molecule has 2 aliphatic rings. The van der Waals surface area contributed by atoms with Crippen LogP contribution in [0.3, 0.4) is 0 Å². The number of amides is 2. The molecule has 1 aromatic heterocycles. The lowest BCUT2D eigenvalue weighted by molar-refractivity contribution is 0.0350. The molecule has 1 atom stereocenters. The van der Waals surface area contributed by atoms with Gasteiger partial charge in [-0.3, -0.25) is 4.98 Å². The lowest BCUT2D eigenvalue weighted by atomic mass is 10.2. The van der Waals surface area contributed by atoms with E-state index in [9.17, 15) is 4.79 Å². The van der Waals surface area contributed by atoms with Gasteiger partial charge in [-0.1, -0.05) is 6.07 Å². The Bertz CT molecular complexity index is 560. The third kappa shape index (κ3) is 5.68. The maximum absolute atomic E-state index is 12.5. The number of nitrogens with one attached hydrogen (secondary N) is 1. The van der Waals surface area contributed by atoms with Crippen molar-refractivity contribution in [3.05, 3.63) is 29.6 Å². The van der Waals surface area contributed by atoms with Crippen LogP contribution in [0, 0.1) is 6.92 Å². The van der Waals surface area contributed by atoms with Crippen LogP contribution >= 0.6 is 0 Å². The van der Waals surface area contributed by atoms with Gasteiger partial charge in [0.05, 0.1) is 6.10 Å². The number of ether oxygens (including phenoxy) is 1. The van der Waals surface area contributed by atoms with Crippen molar-refractivity contribution in [1.29, 1.82) is 0 Å². The number of likely N-dealkylation sites (tertiary alicyclic amines) is 1. The van der Waals surface area contributed by atoms with Gasteiger partial charge >= 0.3 is 6.03 Å². The molecule has 2 fully saturated rings. The fourth-order valence-electron chi connectivity index (χ4n) is 3.59. The minimum Gasteiger partial charge on any atom is -0.375 e. The summed E-state index contributed by atoms with van der Waals surface area (Å²) in [6, 6.07) is 6.02. The average molecular weight is 346 g/mol. The van der Waals surface area contributed by atoms with Gasteiger partial charge in [0, 0.05) is 50.6 Å². The molecule has 0 bridgehead atoms. The molecular weight excluding hydrogens is 316 g/mol. The highest BCUT2D eigenvalue weighted by atomic mass is 16.5. The first-order chi connectivity index (χ1) is 12.2. The summed E-state index contributed by atoms with van der Waals surface area (Å²) >= 11 is 0. The van der Waals surface area contributed by atoms with Gasteiger partial charge in [0.15, 0.2) is 0 Å². The van der Waals surface area contributed by atoms with E-state index in [1.54, 1.807) is 0 Å². The summed E-state index contributed by atoms with van der Waals surface area (Å²) in [5.74, 6) is 0. The summed E-state index contributed by atoms with van der Waals surface area (Å²) in [6.45, 7) is 8.07. The predicted molar refractivity (Wildman–Crippen MR) is 97.7 cm³/mol. The zero-order valence-corrected chi connectivity index (χ0v) is 15.2. The topological polar surface area (TPSA) is 57.7 Å². The lowest BCUT2D eigenvalue weighted by Gasteiger charge is -2.27. The van der Waals surface area contributed by atoms with Gasteiger partial charge in [-0.05, 0) is 51.4 Å². The van der Waals surface area contributed by atoms with E-state index < -0.39 is 0 Å². The molecule has 6 heteroatoms. The van der Waals surface area contributed by atoms with E-state index in [0.717, 1.165) is 57.0 Å². The summed E-state index contributed by atoms with van der Waals surface area (Å²) in [5.41, 5.74) is 2.03. The first-order valence-electron chi connectivity index (χ1n) is 9.50. The SMILES string of the molecule is Cc1cccc(CCNC(=O)N2CCCO[C@H](CN3CCCC3)C2)n1. The number of hydrogen-bond donors (Lipinski definition) is 1. The van der Waals surface area contributed by atoms with Crippen molar-refractivity contribution in [2.24, 2.45) is 0 Å². The third-order valence-electron chi connectivity index (χ3n) is 4.90. The molecule has 25 heavy (non-hydrogen) atoms. The van der Waals surface area contributed by atoms with Gasteiger partial charge in [-0.2, -0.15) is 0 Å². The first-order valence-corrected chi connectivity index (χ1v) is 9.50. The Balaban J connectivity index is 1.44. The Hall–Kier alpha value is -1.66. The fraction of sp³-hybridized carbons (Fsp3) is 0.684. The lowest BCUT2D eigenvalue weighted by Crippen LogP contribution is -2.46. The fourth-order valence-corrected chi connectivity index (χ4v) is 3.59. The molecule has 0 radical (unpaired) electrons. The van der Waals surface area contributed by atoms with E-state index in [4.69, 9.17) is 4.74 Å². The van der Waals surface area contributed by atoms with E-state index in [-0.39, 0.29) is 12.1 Å². The van der Waals surface area contributed by atoms with Gasteiger partial charge in [-0.15, -0.1) is 0 Å². The number of pyridine rings is 1. The van der Waals surface area contributed by atoms with Crippen LogP contribution in [0.25, 0.3) is 0 Å². The highest BCUT2D eigenvalue weighted by molar-refractivity contribution is 5.74. The van der Waals surface area contributed by atoms with Crippen molar-refractivity contribution in [3.63, 3.8) is 0 Å². The molecule has 3 heterocycles. The molecule has 0 aromatic carbocycles. The van der Waals surface area contributed by atoms with Crippen LogP contribution in [0.4, 0.5) is 4.79 Å². The molecule has 2 amide bonds. The van der Waals surface area contributed by atoms with Crippen molar-refractivity contribution in [2.75, 3.05) is 45.9 Å². The average Bonchev–Trinajstić information content (AvgIpc) is 2.99. The number of carbonyl (C=O) groups excluding carboxylic acids is 1. The Morgan fingerprint density at radius 1 is 1.28 bits per heavy atom. The second kappa shape index (κ2) is 9.15. The number of rotatable bonds is 5. The summed E-state index contributed by atoms with van der Waals surface area (Å²) in [4.78, 5) is 21.4. The maximum Gasteiger partial charge on any atom is 0.317 e. The van der Waals surface area contributed by atoms with Crippen LogP contribution in [0.15, 0.2) is 18.2 Å². The van der Waals surface area contributed by atoms with E-state index >= 15 is 0 Å². The quantitative estimate of drug-likeness (QED) is 0.884. The number of carbonyl (C=O) groups is 1. The molecule has 0 saturated carbocycles. The molecule has 3 rings (SSSR count). The molecule has 2 saturated heterocycles. The molecular formula is C19H30N4O2. The van der Waals surface area contributed by atoms with Crippen LogP contribution in [0.1, 0.15) is 30.7 Å². The molecule has 0 spiro atoms. The maximum atomic E-state index is 12.5. The highest BCUT2D eigenvalue weighted by Gasteiger charge is 2.25. The van der Waals surface area contributed by atoms with Crippen LogP contribution in [0.5, 0.6) is 0 Å². The minimum atomic E-state index is 0.0181. The number of urea groups is 1. The molecule has 138 valence electrons. The molecule has 1 aromatic rings. The van der Waals surface area contributed by atoms with Crippen molar-refractivity contribution in [3.8, 4) is 0 Å².